The molecule has 0 spiro atoms. The van der Waals surface area contributed by atoms with Gasteiger partial charge >= 0.3 is 0 Å². The lowest BCUT2D eigenvalue weighted by Crippen LogP contribution is -1.87. The van der Waals surface area contributed by atoms with Crippen molar-refractivity contribution in [1.82, 2.24) is 0 Å². The van der Waals surface area contributed by atoms with Gasteiger partial charge in [0.25, 0.3) is 0 Å². The predicted molar refractivity (Wildman–Crippen MR) is 67.2 cm³/mol. The molecule has 0 saturated heterocycles. The molecule has 0 N–H and O–H groups in total. The second-order valence-electron chi connectivity index (χ2n) is 3.21. The fraction of sp³-hybridized carbons (Fsp3) is 0.0769. The van der Waals surface area contributed by atoms with Crippen LogP contribution in [0.25, 0.3) is 0 Å². The average molecular weight is 279 g/mol. The van der Waals surface area contributed by atoms with Gasteiger partial charge in [-0.25, -0.2) is 0 Å². The van der Waals surface area contributed by atoms with Crippen LogP contribution in [0.1, 0.15) is 0 Å². The summed E-state index contributed by atoms with van der Waals surface area (Å²) in [5, 5.41) is 0. The highest BCUT2D eigenvalue weighted by atomic mass is 79.9. The summed E-state index contributed by atoms with van der Waals surface area (Å²) in [4.78, 5) is 0. The zero-order chi connectivity index (χ0) is 11.4. The molecule has 0 aromatic heterocycles. The quantitative estimate of drug-likeness (QED) is 0.836. The summed E-state index contributed by atoms with van der Waals surface area (Å²) in [5.41, 5.74) is 0. The SMILES string of the molecule is COc1cccc(Oc2ccccc2Br)c1. The van der Waals surface area contributed by atoms with Crippen molar-refractivity contribution in [2.45, 2.75) is 0 Å². The summed E-state index contributed by atoms with van der Waals surface area (Å²) in [5.74, 6) is 2.33. The maximum atomic E-state index is 5.72. The van der Waals surface area contributed by atoms with E-state index in [9.17, 15) is 0 Å². The third kappa shape index (κ3) is 2.55. The molecule has 2 aromatic carbocycles. The highest BCUT2D eigenvalue weighted by molar-refractivity contribution is 9.10. The molecule has 82 valence electrons. The standard InChI is InChI=1S/C13H11BrO2/c1-15-10-5-4-6-11(9-10)16-13-8-3-2-7-12(13)14/h2-9H,1H3. The van der Waals surface area contributed by atoms with Crippen LogP contribution >= 0.6 is 15.9 Å². The van der Waals surface area contributed by atoms with E-state index in [0.29, 0.717) is 0 Å². The Morgan fingerprint density at radius 2 is 1.69 bits per heavy atom. The molecule has 0 amide bonds. The van der Waals surface area contributed by atoms with Gasteiger partial charge in [0.05, 0.1) is 11.6 Å². The molecule has 0 bridgehead atoms. The van der Waals surface area contributed by atoms with Crippen molar-refractivity contribution in [3.05, 3.63) is 53.0 Å². The van der Waals surface area contributed by atoms with Gasteiger partial charge in [-0.2, -0.15) is 0 Å². The lowest BCUT2D eigenvalue weighted by Gasteiger charge is -2.08. The van der Waals surface area contributed by atoms with Gasteiger partial charge in [0.2, 0.25) is 0 Å². The van der Waals surface area contributed by atoms with Gasteiger partial charge < -0.3 is 9.47 Å². The van der Waals surface area contributed by atoms with E-state index in [1.807, 2.05) is 48.5 Å². The number of hydrogen-bond acceptors (Lipinski definition) is 2. The van der Waals surface area contributed by atoms with Gasteiger partial charge in [0.1, 0.15) is 17.2 Å². The van der Waals surface area contributed by atoms with E-state index in [1.165, 1.54) is 0 Å². The number of benzene rings is 2. The summed E-state index contributed by atoms with van der Waals surface area (Å²) >= 11 is 3.43. The first-order valence-corrected chi connectivity index (χ1v) is 5.65. The monoisotopic (exact) mass is 278 g/mol. The van der Waals surface area contributed by atoms with Crippen molar-refractivity contribution >= 4 is 15.9 Å². The molecule has 0 aliphatic heterocycles. The van der Waals surface area contributed by atoms with Crippen LogP contribution < -0.4 is 9.47 Å². The van der Waals surface area contributed by atoms with E-state index in [2.05, 4.69) is 15.9 Å². The largest absolute Gasteiger partial charge is 0.497 e. The van der Waals surface area contributed by atoms with Crippen LogP contribution in [0.5, 0.6) is 17.2 Å². The molecule has 0 radical (unpaired) electrons. The maximum absolute atomic E-state index is 5.72. The van der Waals surface area contributed by atoms with Crippen molar-refractivity contribution in [3.63, 3.8) is 0 Å². The molecule has 0 atom stereocenters. The van der Waals surface area contributed by atoms with Gasteiger partial charge in [-0.05, 0) is 40.2 Å². The number of rotatable bonds is 3. The molecule has 0 saturated carbocycles. The van der Waals surface area contributed by atoms with E-state index >= 15 is 0 Å². The van der Waals surface area contributed by atoms with E-state index in [4.69, 9.17) is 9.47 Å². The third-order valence-electron chi connectivity index (χ3n) is 2.11. The molecule has 0 unspecified atom stereocenters. The Balaban J connectivity index is 2.24. The van der Waals surface area contributed by atoms with E-state index < -0.39 is 0 Å². The minimum absolute atomic E-state index is 0.756. The van der Waals surface area contributed by atoms with Crippen molar-refractivity contribution in [2.24, 2.45) is 0 Å². The van der Waals surface area contributed by atoms with Crippen LogP contribution in [-0.4, -0.2) is 7.11 Å². The highest BCUT2D eigenvalue weighted by Gasteiger charge is 2.02. The van der Waals surface area contributed by atoms with Crippen molar-refractivity contribution in [1.29, 1.82) is 0 Å². The molecule has 3 heteroatoms. The highest BCUT2D eigenvalue weighted by Crippen LogP contribution is 2.30. The second-order valence-corrected chi connectivity index (χ2v) is 4.07. The Morgan fingerprint density at radius 3 is 2.44 bits per heavy atom. The van der Waals surface area contributed by atoms with Gasteiger partial charge in [-0.1, -0.05) is 18.2 Å². The van der Waals surface area contributed by atoms with Gasteiger partial charge in [-0.15, -0.1) is 0 Å². The van der Waals surface area contributed by atoms with Crippen LogP contribution in [0.2, 0.25) is 0 Å². The molecule has 2 nitrogen and oxygen atoms in total. The van der Waals surface area contributed by atoms with Gasteiger partial charge in [0.15, 0.2) is 0 Å². The lowest BCUT2D eigenvalue weighted by atomic mass is 10.3. The van der Waals surface area contributed by atoms with Crippen LogP contribution in [0, 0.1) is 0 Å². The predicted octanol–water partition coefficient (Wildman–Crippen LogP) is 4.25. The van der Waals surface area contributed by atoms with E-state index in [-0.39, 0.29) is 0 Å². The van der Waals surface area contributed by atoms with E-state index in [0.717, 1.165) is 21.7 Å². The normalized spacial score (nSPS) is 9.88. The number of hydrogen-bond donors (Lipinski definition) is 0. The molecule has 0 heterocycles. The topological polar surface area (TPSA) is 18.5 Å². The Labute approximate surface area is 103 Å². The summed E-state index contributed by atoms with van der Waals surface area (Å²) < 4.78 is 11.8. The molecular formula is C13H11BrO2. The fourth-order valence-corrected chi connectivity index (χ4v) is 1.68. The number of methoxy groups -OCH3 is 1. The smallest absolute Gasteiger partial charge is 0.141 e. The maximum Gasteiger partial charge on any atom is 0.141 e. The van der Waals surface area contributed by atoms with Gasteiger partial charge in [0, 0.05) is 6.07 Å². The van der Waals surface area contributed by atoms with E-state index in [1.54, 1.807) is 7.11 Å². The van der Waals surface area contributed by atoms with Crippen LogP contribution in [0.4, 0.5) is 0 Å². The fourth-order valence-electron chi connectivity index (χ4n) is 1.32. The summed E-state index contributed by atoms with van der Waals surface area (Å²) in [6.07, 6.45) is 0. The second kappa shape index (κ2) is 5.03. The minimum Gasteiger partial charge on any atom is -0.497 e. The molecule has 2 rings (SSSR count). The van der Waals surface area contributed by atoms with Crippen LogP contribution in [0.3, 0.4) is 0 Å². The zero-order valence-electron chi connectivity index (χ0n) is 8.81. The number of halogens is 1. The van der Waals surface area contributed by atoms with Crippen molar-refractivity contribution in [3.8, 4) is 17.2 Å². The lowest BCUT2D eigenvalue weighted by molar-refractivity contribution is 0.409. The zero-order valence-corrected chi connectivity index (χ0v) is 10.4. The molecule has 16 heavy (non-hydrogen) atoms. The first kappa shape index (κ1) is 11.0. The Bertz CT molecular complexity index is 483. The minimum atomic E-state index is 0.756. The van der Waals surface area contributed by atoms with Crippen LogP contribution in [0.15, 0.2) is 53.0 Å². The summed E-state index contributed by atoms with van der Waals surface area (Å²) in [6.45, 7) is 0. The molecule has 0 aliphatic carbocycles. The average Bonchev–Trinajstić information content (AvgIpc) is 2.32. The number of ether oxygens (including phenoxy) is 2. The first-order chi connectivity index (χ1) is 7.79. The first-order valence-electron chi connectivity index (χ1n) is 4.86. The third-order valence-corrected chi connectivity index (χ3v) is 2.76. The molecule has 0 aliphatic rings. The molecule has 2 aromatic rings. The Kier molecular flexibility index (Phi) is 3.47. The van der Waals surface area contributed by atoms with Crippen molar-refractivity contribution in [2.75, 3.05) is 7.11 Å². The molecular weight excluding hydrogens is 268 g/mol. The van der Waals surface area contributed by atoms with Crippen LogP contribution in [-0.2, 0) is 0 Å². The Hall–Kier alpha value is -1.48. The molecule has 0 fully saturated rings. The summed E-state index contributed by atoms with van der Waals surface area (Å²) in [6, 6.07) is 15.2. The Morgan fingerprint density at radius 1 is 0.938 bits per heavy atom. The van der Waals surface area contributed by atoms with Crippen molar-refractivity contribution < 1.29 is 9.47 Å². The number of para-hydroxylation sites is 1. The van der Waals surface area contributed by atoms with Gasteiger partial charge in [-0.3, -0.25) is 0 Å². The summed E-state index contributed by atoms with van der Waals surface area (Å²) in [7, 11) is 1.64.